The summed E-state index contributed by atoms with van der Waals surface area (Å²) in [5.41, 5.74) is 2.04. The fourth-order valence-corrected chi connectivity index (χ4v) is 1.73. The topological polar surface area (TPSA) is 26.3 Å². The van der Waals surface area contributed by atoms with Crippen LogP contribution in [0.15, 0.2) is 12.1 Å². The Morgan fingerprint density at radius 1 is 1.22 bits per heavy atom. The van der Waals surface area contributed by atoms with Gasteiger partial charge in [-0.25, -0.2) is 0 Å². The molecule has 0 amide bonds. The molecule has 1 aromatic carbocycles. The average Bonchev–Trinajstić information content (AvgIpc) is 2.25. The first-order valence-corrected chi connectivity index (χ1v) is 5.59. The Balaban J connectivity index is 2.60. The van der Waals surface area contributed by atoms with Gasteiger partial charge in [0.15, 0.2) is 0 Å². The largest absolute Gasteiger partial charge is 0.493 e. The lowest BCUT2D eigenvalue weighted by Gasteiger charge is -2.13. The highest BCUT2D eigenvalue weighted by Crippen LogP contribution is 2.26. The second-order valence-corrected chi connectivity index (χ2v) is 4.17. The van der Waals surface area contributed by atoms with Gasteiger partial charge in [0.25, 0.3) is 0 Å². The molecule has 0 spiro atoms. The van der Waals surface area contributed by atoms with Crippen molar-refractivity contribution in [2.24, 2.45) is 0 Å². The van der Waals surface area contributed by atoms with Gasteiger partial charge in [0, 0.05) is 12.0 Å². The van der Waals surface area contributed by atoms with E-state index < -0.39 is 12.6 Å². The standard InChI is InChI=1S/C13H15F3O2/c1-9-6-11(8-17)7-10(2)12(9)18-5-3-4-13(14,15)16/h6-8H,3-5H2,1-2H3. The monoisotopic (exact) mass is 260 g/mol. The molecule has 0 aliphatic heterocycles. The lowest BCUT2D eigenvalue weighted by Crippen LogP contribution is -2.10. The summed E-state index contributed by atoms with van der Waals surface area (Å²) in [5, 5.41) is 0. The lowest BCUT2D eigenvalue weighted by atomic mass is 10.1. The van der Waals surface area contributed by atoms with Gasteiger partial charge in [0.05, 0.1) is 6.61 Å². The van der Waals surface area contributed by atoms with E-state index in [1.807, 2.05) is 0 Å². The van der Waals surface area contributed by atoms with Gasteiger partial charge in [-0.2, -0.15) is 13.2 Å². The fourth-order valence-electron chi connectivity index (χ4n) is 1.73. The van der Waals surface area contributed by atoms with Gasteiger partial charge < -0.3 is 4.74 Å². The maximum atomic E-state index is 11.9. The molecule has 100 valence electrons. The minimum atomic E-state index is -4.14. The van der Waals surface area contributed by atoms with Crippen LogP contribution in [-0.2, 0) is 0 Å². The number of hydrogen-bond acceptors (Lipinski definition) is 2. The molecule has 0 aromatic heterocycles. The van der Waals surface area contributed by atoms with Gasteiger partial charge in [-0.3, -0.25) is 4.79 Å². The number of carbonyl (C=O) groups is 1. The molecule has 0 fully saturated rings. The Labute approximate surface area is 104 Å². The Bertz CT molecular complexity index is 402. The highest BCUT2D eigenvalue weighted by Gasteiger charge is 2.26. The molecule has 0 saturated carbocycles. The summed E-state index contributed by atoms with van der Waals surface area (Å²) in [6.45, 7) is 3.54. The van der Waals surface area contributed by atoms with E-state index in [4.69, 9.17) is 4.74 Å². The summed E-state index contributed by atoms with van der Waals surface area (Å²) in [6.07, 6.45) is -4.34. The van der Waals surface area contributed by atoms with Crippen molar-refractivity contribution in [2.75, 3.05) is 6.61 Å². The summed E-state index contributed by atoms with van der Waals surface area (Å²) in [7, 11) is 0. The van der Waals surface area contributed by atoms with Crippen molar-refractivity contribution in [2.45, 2.75) is 32.9 Å². The molecule has 2 nitrogen and oxygen atoms in total. The van der Waals surface area contributed by atoms with Crippen molar-refractivity contribution in [1.29, 1.82) is 0 Å². The zero-order valence-electron chi connectivity index (χ0n) is 10.3. The number of aryl methyl sites for hydroxylation is 2. The molecule has 0 aliphatic carbocycles. The highest BCUT2D eigenvalue weighted by atomic mass is 19.4. The van der Waals surface area contributed by atoms with Crippen LogP contribution in [0.25, 0.3) is 0 Å². The fraction of sp³-hybridized carbons (Fsp3) is 0.462. The first-order chi connectivity index (χ1) is 8.33. The van der Waals surface area contributed by atoms with Gasteiger partial charge in [-0.1, -0.05) is 0 Å². The molecule has 0 saturated heterocycles. The minimum absolute atomic E-state index is 0.0155. The number of aldehydes is 1. The van der Waals surface area contributed by atoms with Crippen molar-refractivity contribution >= 4 is 6.29 Å². The molecule has 0 atom stereocenters. The van der Waals surface area contributed by atoms with E-state index in [0.29, 0.717) is 11.3 Å². The minimum Gasteiger partial charge on any atom is -0.493 e. The lowest BCUT2D eigenvalue weighted by molar-refractivity contribution is -0.136. The molecule has 0 bridgehead atoms. The van der Waals surface area contributed by atoms with Crippen molar-refractivity contribution in [3.8, 4) is 5.75 Å². The normalized spacial score (nSPS) is 11.4. The van der Waals surface area contributed by atoms with Crippen LogP contribution in [0.2, 0.25) is 0 Å². The number of halogens is 3. The van der Waals surface area contributed by atoms with Crippen molar-refractivity contribution in [3.05, 3.63) is 28.8 Å². The van der Waals surface area contributed by atoms with Crippen LogP contribution >= 0.6 is 0 Å². The van der Waals surface area contributed by atoms with Crippen molar-refractivity contribution < 1.29 is 22.7 Å². The molecule has 1 rings (SSSR count). The van der Waals surface area contributed by atoms with Gasteiger partial charge >= 0.3 is 6.18 Å². The van der Waals surface area contributed by atoms with Crippen LogP contribution in [0.5, 0.6) is 5.75 Å². The number of alkyl halides is 3. The maximum Gasteiger partial charge on any atom is 0.389 e. The smallest absolute Gasteiger partial charge is 0.389 e. The Hall–Kier alpha value is -1.52. The van der Waals surface area contributed by atoms with Gasteiger partial charge in [-0.05, 0) is 43.5 Å². The molecular formula is C13H15F3O2. The number of benzene rings is 1. The maximum absolute atomic E-state index is 11.9. The first kappa shape index (κ1) is 14.5. The Morgan fingerprint density at radius 3 is 2.22 bits per heavy atom. The van der Waals surface area contributed by atoms with E-state index in [0.717, 1.165) is 17.4 Å². The Kier molecular flexibility index (Phi) is 4.76. The van der Waals surface area contributed by atoms with E-state index in [9.17, 15) is 18.0 Å². The van der Waals surface area contributed by atoms with Gasteiger partial charge in [0.1, 0.15) is 12.0 Å². The Morgan fingerprint density at radius 2 is 1.78 bits per heavy atom. The van der Waals surface area contributed by atoms with Crippen molar-refractivity contribution in [3.63, 3.8) is 0 Å². The molecule has 0 heterocycles. The van der Waals surface area contributed by atoms with Gasteiger partial charge in [0.2, 0.25) is 0 Å². The van der Waals surface area contributed by atoms with Crippen LogP contribution in [0.1, 0.15) is 34.3 Å². The predicted molar refractivity (Wildman–Crippen MR) is 62.1 cm³/mol. The van der Waals surface area contributed by atoms with E-state index >= 15 is 0 Å². The molecule has 0 N–H and O–H groups in total. The summed E-state index contributed by atoms with van der Waals surface area (Å²) in [5.74, 6) is 0.558. The zero-order valence-corrected chi connectivity index (χ0v) is 10.3. The molecule has 18 heavy (non-hydrogen) atoms. The zero-order chi connectivity index (χ0) is 13.8. The SMILES string of the molecule is Cc1cc(C=O)cc(C)c1OCCCC(F)(F)F. The predicted octanol–water partition coefficient (Wildman–Crippen LogP) is 3.84. The third-order valence-electron chi connectivity index (χ3n) is 2.47. The molecular weight excluding hydrogens is 245 g/mol. The van der Waals surface area contributed by atoms with E-state index in [2.05, 4.69) is 0 Å². The molecule has 1 aromatic rings. The average molecular weight is 260 g/mol. The van der Waals surface area contributed by atoms with E-state index in [1.165, 1.54) is 0 Å². The second kappa shape index (κ2) is 5.89. The van der Waals surface area contributed by atoms with Crippen LogP contribution in [0.3, 0.4) is 0 Å². The van der Waals surface area contributed by atoms with Crippen LogP contribution in [0, 0.1) is 13.8 Å². The quantitative estimate of drug-likeness (QED) is 0.594. The third-order valence-corrected chi connectivity index (χ3v) is 2.47. The number of hydrogen-bond donors (Lipinski definition) is 0. The third kappa shape index (κ3) is 4.39. The van der Waals surface area contributed by atoms with Crippen molar-refractivity contribution in [1.82, 2.24) is 0 Å². The summed E-state index contributed by atoms with van der Waals surface area (Å²) in [4.78, 5) is 10.6. The first-order valence-electron chi connectivity index (χ1n) is 5.59. The van der Waals surface area contributed by atoms with E-state index in [1.54, 1.807) is 26.0 Å². The number of carbonyl (C=O) groups excluding carboxylic acids is 1. The molecule has 0 aliphatic rings. The molecule has 5 heteroatoms. The second-order valence-electron chi connectivity index (χ2n) is 4.17. The number of rotatable bonds is 5. The summed E-state index contributed by atoms with van der Waals surface area (Å²) < 4.78 is 41.2. The van der Waals surface area contributed by atoms with E-state index in [-0.39, 0.29) is 13.0 Å². The molecule has 0 unspecified atom stereocenters. The highest BCUT2D eigenvalue weighted by molar-refractivity contribution is 5.76. The molecule has 0 radical (unpaired) electrons. The van der Waals surface area contributed by atoms with Crippen LogP contribution in [0.4, 0.5) is 13.2 Å². The van der Waals surface area contributed by atoms with Crippen LogP contribution < -0.4 is 4.74 Å². The summed E-state index contributed by atoms with van der Waals surface area (Å²) >= 11 is 0. The van der Waals surface area contributed by atoms with Crippen LogP contribution in [-0.4, -0.2) is 19.1 Å². The summed E-state index contributed by atoms with van der Waals surface area (Å²) in [6, 6.07) is 3.30. The van der Waals surface area contributed by atoms with Gasteiger partial charge in [-0.15, -0.1) is 0 Å². The number of ether oxygens (including phenoxy) is 1.